The van der Waals surface area contributed by atoms with Crippen molar-refractivity contribution in [1.29, 1.82) is 0 Å². The van der Waals surface area contributed by atoms with Crippen molar-refractivity contribution in [2.45, 2.75) is 19.4 Å². The van der Waals surface area contributed by atoms with Gasteiger partial charge in [-0.3, -0.25) is 4.79 Å². The fraction of sp³-hybridized carbons (Fsp3) is 0.300. The summed E-state index contributed by atoms with van der Waals surface area (Å²) in [6.45, 7) is 2.38. The Hall–Kier alpha value is -3.22. The molecule has 1 saturated heterocycles. The van der Waals surface area contributed by atoms with Crippen LogP contribution in [-0.4, -0.2) is 38.7 Å². The lowest BCUT2D eigenvalue weighted by molar-refractivity contribution is -0.117. The van der Waals surface area contributed by atoms with E-state index in [4.69, 9.17) is 9.47 Å². The Labute approximate surface area is 158 Å². The molecule has 2 aromatic carbocycles. The van der Waals surface area contributed by atoms with Crippen LogP contribution in [0.25, 0.3) is 0 Å². The number of rotatable bonds is 5. The minimum Gasteiger partial charge on any atom is -0.493 e. The topological polar surface area (TPSA) is 79.9 Å². The Morgan fingerprint density at radius 2 is 1.78 bits per heavy atom. The third-order valence-electron chi connectivity index (χ3n) is 4.45. The van der Waals surface area contributed by atoms with Gasteiger partial charge in [0.2, 0.25) is 5.91 Å². The van der Waals surface area contributed by atoms with Crippen molar-refractivity contribution >= 4 is 23.3 Å². The Balaban J connectivity index is 1.63. The molecule has 2 N–H and O–H groups in total. The number of ether oxygens (including phenoxy) is 2. The summed E-state index contributed by atoms with van der Waals surface area (Å²) in [7, 11) is 3.11. The van der Waals surface area contributed by atoms with E-state index in [9.17, 15) is 9.59 Å². The number of nitrogens with one attached hydrogen (secondary N) is 2. The first-order valence-electron chi connectivity index (χ1n) is 8.66. The lowest BCUT2D eigenvalue weighted by Gasteiger charge is -2.19. The van der Waals surface area contributed by atoms with Crippen molar-refractivity contribution in [1.82, 2.24) is 5.32 Å². The van der Waals surface area contributed by atoms with Crippen molar-refractivity contribution in [3.8, 4) is 11.5 Å². The van der Waals surface area contributed by atoms with Crippen LogP contribution in [-0.2, 0) is 4.79 Å². The first kappa shape index (κ1) is 18.6. The fourth-order valence-electron chi connectivity index (χ4n) is 3.04. The lowest BCUT2D eigenvalue weighted by atomic mass is 10.2. The van der Waals surface area contributed by atoms with E-state index in [-0.39, 0.29) is 24.4 Å². The number of hydrogen-bond donors (Lipinski definition) is 2. The highest BCUT2D eigenvalue weighted by Gasteiger charge is 2.32. The van der Waals surface area contributed by atoms with Crippen molar-refractivity contribution in [2.75, 3.05) is 31.0 Å². The molecule has 2 aromatic rings. The van der Waals surface area contributed by atoms with Gasteiger partial charge in [-0.2, -0.15) is 0 Å². The maximum absolute atomic E-state index is 12.4. The van der Waals surface area contributed by atoms with E-state index >= 15 is 0 Å². The summed E-state index contributed by atoms with van der Waals surface area (Å²) in [4.78, 5) is 26.2. The highest BCUT2D eigenvalue weighted by molar-refractivity contribution is 5.98. The Kier molecular flexibility index (Phi) is 5.49. The molecular weight excluding hydrogens is 346 g/mol. The van der Waals surface area contributed by atoms with E-state index in [2.05, 4.69) is 10.6 Å². The van der Waals surface area contributed by atoms with E-state index in [0.717, 1.165) is 5.56 Å². The van der Waals surface area contributed by atoms with Crippen molar-refractivity contribution in [2.24, 2.45) is 0 Å². The van der Waals surface area contributed by atoms with Gasteiger partial charge in [0.15, 0.2) is 11.5 Å². The molecule has 7 heteroatoms. The summed E-state index contributed by atoms with van der Waals surface area (Å²) in [5.74, 6) is 1.10. The molecule has 0 spiro atoms. The molecule has 0 saturated carbocycles. The van der Waals surface area contributed by atoms with Crippen LogP contribution in [0.15, 0.2) is 42.5 Å². The second kappa shape index (κ2) is 7.99. The van der Waals surface area contributed by atoms with Gasteiger partial charge in [0, 0.05) is 30.4 Å². The first-order valence-corrected chi connectivity index (χ1v) is 8.66. The molecule has 0 bridgehead atoms. The number of nitrogens with zero attached hydrogens (tertiary/aromatic N) is 1. The number of urea groups is 1. The number of methoxy groups -OCH3 is 2. The molecule has 1 aliphatic rings. The first-order chi connectivity index (χ1) is 13.0. The molecule has 0 aliphatic carbocycles. The third kappa shape index (κ3) is 4.31. The molecule has 27 heavy (non-hydrogen) atoms. The van der Waals surface area contributed by atoms with Gasteiger partial charge in [0.25, 0.3) is 0 Å². The summed E-state index contributed by atoms with van der Waals surface area (Å²) in [6, 6.07) is 12.2. The van der Waals surface area contributed by atoms with Gasteiger partial charge in [-0.25, -0.2) is 4.79 Å². The van der Waals surface area contributed by atoms with Crippen LogP contribution in [0.2, 0.25) is 0 Å². The number of aryl methyl sites for hydroxylation is 1. The number of benzene rings is 2. The standard InChI is InChI=1S/C20H23N3O4/c1-13-4-6-14(7-5-13)21-20(25)22-15-10-19(24)23(12-15)16-8-9-17(26-2)18(11-16)27-3/h4-9,11,15H,10,12H2,1-3H3,(H2,21,22,25)/t15-/m0/s1. The summed E-state index contributed by atoms with van der Waals surface area (Å²) < 4.78 is 10.5. The predicted octanol–water partition coefficient (Wildman–Crippen LogP) is 2.94. The average Bonchev–Trinajstić information content (AvgIpc) is 3.02. The zero-order chi connectivity index (χ0) is 19.4. The van der Waals surface area contributed by atoms with Crippen LogP contribution in [0, 0.1) is 6.92 Å². The minimum absolute atomic E-state index is 0.0529. The molecule has 1 heterocycles. The van der Waals surface area contributed by atoms with Crippen molar-refractivity contribution < 1.29 is 19.1 Å². The van der Waals surface area contributed by atoms with Crippen LogP contribution in [0.4, 0.5) is 16.2 Å². The minimum atomic E-state index is -0.328. The van der Waals surface area contributed by atoms with E-state index in [0.29, 0.717) is 29.4 Å². The maximum atomic E-state index is 12.4. The number of amides is 3. The van der Waals surface area contributed by atoms with Gasteiger partial charge >= 0.3 is 6.03 Å². The van der Waals surface area contributed by atoms with Gasteiger partial charge in [-0.05, 0) is 31.2 Å². The Morgan fingerprint density at radius 1 is 1.07 bits per heavy atom. The molecule has 3 rings (SSSR count). The monoisotopic (exact) mass is 369 g/mol. The molecule has 0 unspecified atom stereocenters. The molecule has 1 aliphatic heterocycles. The highest BCUT2D eigenvalue weighted by Crippen LogP contribution is 2.33. The molecule has 1 fully saturated rings. The Morgan fingerprint density at radius 3 is 2.44 bits per heavy atom. The van der Waals surface area contributed by atoms with Crippen LogP contribution in [0.3, 0.4) is 0 Å². The second-order valence-corrected chi connectivity index (χ2v) is 6.41. The van der Waals surface area contributed by atoms with Gasteiger partial charge in [-0.1, -0.05) is 17.7 Å². The molecule has 3 amide bonds. The van der Waals surface area contributed by atoms with Crippen molar-refractivity contribution in [3.63, 3.8) is 0 Å². The molecule has 0 aromatic heterocycles. The van der Waals surface area contributed by atoms with Crippen LogP contribution in [0.5, 0.6) is 11.5 Å². The fourth-order valence-corrected chi connectivity index (χ4v) is 3.04. The molecule has 142 valence electrons. The Bertz CT molecular complexity index is 836. The molecule has 0 radical (unpaired) electrons. The van der Waals surface area contributed by atoms with Gasteiger partial charge in [-0.15, -0.1) is 0 Å². The smallest absolute Gasteiger partial charge is 0.319 e. The van der Waals surface area contributed by atoms with Crippen LogP contribution in [0.1, 0.15) is 12.0 Å². The quantitative estimate of drug-likeness (QED) is 0.849. The number of hydrogen-bond acceptors (Lipinski definition) is 4. The molecule has 1 atom stereocenters. The average molecular weight is 369 g/mol. The van der Waals surface area contributed by atoms with Gasteiger partial charge < -0.3 is 25.0 Å². The number of carbonyl (C=O) groups excluding carboxylic acids is 2. The summed E-state index contributed by atoms with van der Waals surface area (Å²) in [5.41, 5.74) is 2.54. The normalized spacial score (nSPS) is 16.2. The lowest BCUT2D eigenvalue weighted by Crippen LogP contribution is -2.39. The van der Waals surface area contributed by atoms with E-state index < -0.39 is 0 Å². The largest absolute Gasteiger partial charge is 0.493 e. The number of anilines is 2. The summed E-state index contributed by atoms with van der Waals surface area (Å²) in [6.07, 6.45) is 0.246. The van der Waals surface area contributed by atoms with Crippen LogP contribution < -0.4 is 25.0 Å². The predicted molar refractivity (Wildman–Crippen MR) is 104 cm³/mol. The zero-order valence-corrected chi connectivity index (χ0v) is 15.6. The van der Waals surface area contributed by atoms with Gasteiger partial charge in [0.05, 0.1) is 20.3 Å². The van der Waals surface area contributed by atoms with Crippen LogP contribution >= 0.6 is 0 Å². The highest BCUT2D eigenvalue weighted by atomic mass is 16.5. The van der Waals surface area contributed by atoms with Crippen molar-refractivity contribution in [3.05, 3.63) is 48.0 Å². The van der Waals surface area contributed by atoms with E-state index in [1.165, 1.54) is 0 Å². The summed E-state index contributed by atoms with van der Waals surface area (Å²) >= 11 is 0. The van der Waals surface area contributed by atoms with E-state index in [1.807, 2.05) is 31.2 Å². The SMILES string of the molecule is COc1ccc(N2C[C@@H](NC(=O)Nc3ccc(C)cc3)CC2=O)cc1OC. The molecular formula is C20H23N3O4. The molecule has 7 nitrogen and oxygen atoms in total. The maximum Gasteiger partial charge on any atom is 0.319 e. The second-order valence-electron chi connectivity index (χ2n) is 6.41. The van der Waals surface area contributed by atoms with Gasteiger partial charge in [0.1, 0.15) is 0 Å². The zero-order valence-electron chi connectivity index (χ0n) is 15.6. The van der Waals surface area contributed by atoms with E-state index in [1.54, 1.807) is 37.3 Å². The summed E-state index contributed by atoms with van der Waals surface area (Å²) in [5, 5.41) is 5.64. The third-order valence-corrected chi connectivity index (χ3v) is 4.45. The number of carbonyl (C=O) groups is 2.